The summed E-state index contributed by atoms with van der Waals surface area (Å²) in [5.74, 6) is -0.925. The van der Waals surface area contributed by atoms with E-state index >= 15 is 8.78 Å². The second-order valence-electron chi connectivity index (χ2n) is 12.5. The highest BCUT2D eigenvalue weighted by atomic mass is 19.1. The lowest BCUT2D eigenvalue weighted by Crippen LogP contribution is -2.54. The average molecular weight is 650 g/mol. The Labute approximate surface area is 272 Å². The van der Waals surface area contributed by atoms with Crippen molar-refractivity contribution >= 4 is 34.4 Å². The number of hydrogen-bond donors (Lipinski definition) is 4. The lowest BCUT2D eigenvalue weighted by molar-refractivity contribution is -0.134. The molecule has 0 aliphatic carbocycles. The van der Waals surface area contributed by atoms with Crippen LogP contribution < -0.4 is 26.4 Å². The van der Waals surface area contributed by atoms with Gasteiger partial charge >= 0.3 is 6.09 Å². The Bertz CT molecular complexity index is 1770. The van der Waals surface area contributed by atoms with E-state index in [4.69, 9.17) is 20.2 Å². The fourth-order valence-electron chi connectivity index (χ4n) is 6.73. The van der Waals surface area contributed by atoms with Crippen molar-refractivity contribution in [2.24, 2.45) is 16.6 Å². The molecule has 1 aromatic heterocycles. The van der Waals surface area contributed by atoms with Gasteiger partial charge in [0, 0.05) is 23.7 Å². The quantitative estimate of drug-likeness (QED) is 0.190. The van der Waals surface area contributed by atoms with Gasteiger partial charge in [0.1, 0.15) is 23.4 Å². The molecule has 6 rings (SSSR count). The van der Waals surface area contributed by atoms with Gasteiger partial charge in [-0.3, -0.25) is 9.79 Å². The Hall–Kier alpha value is -4.81. The number of likely N-dealkylation sites (tertiary alicyclic amines) is 1. The Morgan fingerprint density at radius 3 is 2.74 bits per heavy atom. The summed E-state index contributed by atoms with van der Waals surface area (Å²) in [4.78, 5) is 32.1. The summed E-state index contributed by atoms with van der Waals surface area (Å²) < 4.78 is 44.2. The Kier molecular flexibility index (Phi) is 8.98. The second-order valence-corrected chi connectivity index (χ2v) is 12.5. The molecule has 13 heteroatoms. The number of hydrogen-bond acceptors (Lipinski definition) is 7. The predicted molar refractivity (Wildman–Crippen MR) is 175 cm³/mol. The van der Waals surface area contributed by atoms with Gasteiger partial charge in [-0.25, -0.2) is 13.6 Å². The number of nitrogens with two attached hydrogens (primary N) is 1. The smallest absolute Gasteiger partial charge is 0.407 e. The van der Waals surface area contributed by atoms with E-state index in [1.807, 2.05) is 32.9 Å². The van der Waals surface area contributed by atoms with Crippen molar-refractivity contribution in [2.75, 3.05) is 20.3 Å². The molecule has 2 amide bonds. The number of amidine groups is 1. The van der Waals surface area contributed by atoms with E-state index in [1.54, 1.807) is 27.8 Å². The summed E-state index contributed by atoms with van der Waals surface area (Å²) in [5, 5.41) is 9.15. The minimum Gasteiger partial charge on any atom is -0.472 e. The molecule has 4 heterocycles. The predicted octanol–water partition coefficient (Wildman–Crippen LogP) is 4.96. The number of aromatic nitrogens is 1. The van der Waals surface area contributed by atoms with Crippen LogP contribution in [0.15, 0.2) is 41.5 Å². The first kappa shape index (κ1) is 32.1. The standard InChI is InChI=1S/C34H41F2N7O4/c1-5-7-23(40-32(37)26-8-6-11-42(26)33(44)30(18(2)3)41-34(45)46-4)19-9-10-25-21(12-19)29(36)31-28-22(35)13-20(24-15-38-16-39-24)14-27(28)47-17-43(25)31/h9-10,12-15,18,23,26,30,38-39H,5-8,11,16-17H2,1-4H3,(H2,37,40)(H,41,45)/t23?,26-,30-/m0/s1. The number of carbonyl (C=O) groups excluding carboxylic acids is 2. The van der Waals surface area contributed by atoms with Crippen LogP contribution in [0.5, 0.6) is 5.75 Å². The summed E-state index contributed by atoms with van der Waals surface area (Å²) in [6, 6.07) is 6.95. The van der Waals surface area contributed by atoms with Gasteiger partial charge in [-0.05, 0) is 55.0 Å². The van der Waals surface area contributed by atoms with Crippen molar-refractivity contribution in [1.29, 1.82) is 0 Å². The number of fused-ring (bicyclic) bond motifs is 5. The van der Waals surface area contributed by atoms with Gasteiger partial charge in [-0.1, -0.05) is 33.3 Å². The van der Waals surface area contributed by atoms with Crippen molar-refractivity contribution in [3.63, 3.8) is 0 Å². The molecular formula is C34H41F2N7O4. The number of halogens is 2. The average Bonchev–Trinajstić information content (AvgIpc) is 3.83. The first-order valence-corrected chi connectivity index (χ1v) is 16.1. The van der Waals surface area contributed by atoms with Crippen LogP contribution in [-0.4, -0.2) is 59.7 Å². The number of benzene rings is 2. The number of amides is 2. The molecule has 1 saturated heterocycles. The minimum atomic E-state index is -0.771. The Morgan fingerprint density at radius 2 is 2.04 bits per heavy atom. The fraction of sp³-hybridized carbons (Fsp3) is 0.441. The van der Waals surface area contributed by atoms with Gasteiger partial charge in [0.2, 0.25) is 5.91 Å². The molecule has 5 N–H and O–H groups in total. The zero-order valence-electron chi connectivity index (χ0n) is 27.0. The van der Waals surface area contributed by atoms with E-state index in [0.717, 1.165) is 24.1 Å². The highest BCUT2D eigenvalue weighted by molar-refractivity contribution is 5.94. The van der Waals surface area contributed by atoms with E-state index in [9.17, 15) is 9.59 Å². The number of nitrogens with zero attached hydrogens (tertiary/aromatic N) is 3. The Balaban J connectivity index is 1.31. The van der Waals surface area contributed by atoms with E-state index in [2.05, 4.69) is 16.0 Å². The van der Waals surface area contributed by atoms with E-state index in [1.165, 1.54) is 13.2 Å². The van der Waals surface area contributed by atoms with Gasteiger partial charge in [0.25, 0.3) is 0 Å². The monoisotopic (exact) mass is 649 g/mol. The van der Waals surface area contributed by atoms with Crippen molar-refractivity contribution in [3.05, 3.63) is 59.3 Å². The zero-order chi connectivity index (χ0) is 33.4. The van der Waals surface area contributed by atoms with Crippen LogP contribution in [0.2, 0.25) is 0 Å². The summed E-state index contributed by atoms with van der Waals surface area (Å²) >= 11 is 0. The normalized spacial score (nSPS) is 18.5. The molecule has 0 saturated carbocycles. The highest BCUT2D eigenvalue weighted by Crippen LogP contribution is 2.44. The molecule has 3 aliphatic heterocycles. The topological polar surface area (TPSA) is 135 Å². The van der Waals surface area contributed by atoms with E-state index < -0.39 is 35.9 Å². The third-order valence-corrected chi connectivity index (χ3v) is 9.12. The molecule has 0 radical (unpaired) electrons. The molecular weight excluding hydrogens is 608 g/mol. The van der Waals surface area contributed by atoms with Crippen LogP contribution in [0.4, 0.5) is 13.6 Å². The number of aliphatic imine (C=N–C) groups is 1. The molecule has 3 aromatic rings. The highest BCUT2D eigenvalue weighted by Gasteiger charge is 2.37. The van der Waals surface area contributed by atoms with Gasteiger partial charge < -0.3 is 40.6 Å². The molecule has 0 bridgehead atoms. The van der Waals surface area contributed by atoms with E-state index in [0.29, 0.717) is 48.4 Å². The molecule has 1 unspecified atom stereocenters. The third kappa shape index (κ3) is 5.94. The van der Waals surface area contributed by atoms with Crippen molar-refractivity contribution in [2.45, 2.75) is 71.3 Å². The first-order valence-electron chi connectivity index (χ1n) is 16.1. The van der Waals surface area contributed by atoms with Crippen LogP contribution >= 0.6 is 0 Å². The Morgan fingerprint density at radius 1 is 1.23 bits per heavy atom. The van der Waals surface area contributed by atoms with Gasteiger partial charge in [0.05, 0.1) is 48.3 Å². The lowest BCUT2D eigenvalue weighted by atomic mass is 10.00. The van der Waals surface area contributed by atoms with E-state index in [-0.39, 0.29) is 35.6 Å². The van der Waals surface area contributed by atoms with Crippen LogP contribution in [0.25, 0.3) is 27.9 Å². The molecule has 0 spiro atoms. The number of methoxy groups -OCH3 is 1. The zero-order valence-corrected chi connectivity index (χ0v) is 27.0. The molecule has 3 aliphatic rings. The number of rotatable bonds is 9. The van der Waals surface area contributed by atoms with Crippen LogP contribution in [-0.2, 0) is 16.3 Å². The third-order valence-electron chi connectivity index (χ3n) is 9.12. The maximum Gasteiger partial charge on any atom is 0.407 e. The summed E-state index contributed by atoms with van der Waals surface area (Å²) in [5.41, 5.74) is 9.53. The molecule has 3 atom stereocenters. The summed E-state index contributed by atoms with van der Waals surface area (Å²) in [6.45, 7) is 6.81. The largest absolute Gasteiger partial charge is 0.472 e. The minimum absolute atomic E-state index is 0.0347. The molecule has 47 heavy (non-hydrogen) atoms. The number of carbonyl (C=O) groups is 2. The van der Waals surface area contributed by atoms with Crippen LogP contribution in [0.1, 0.15) is 63.6 Å². The molecule has 250 valence electrons. The maximum absolute atomic E-state index is 16.3. The maximum atomic E-state index is 16.3. The fourth-order valence-corrected chi connectivity index (χ4v) is 6.73. The molecule has 2 aromatic carbocycles. The summed E-state index contributed by atoms with van der Waals surface area (Å²) in [7, 11) is 1.26. The van der Waals surface area contributed by atoms with Crippen LogP contribution in [0.3, 0.4) is 0 Å². The lowest BCUT2D eigenvalue weighted by Gasteiger charge is -2.31. The number of alkyl carbamates (subject to hydrolysis) is 1. The van der Waals surface area contributed by atoms with Gasteiger partial charge in [-0.2, -0.15) is 0 Å². The van der Waals surface area contributed by atoms with Crippen LogP contribution in [0, 0.1) is 17.6 Å². The van der Waals surface area contributed by atoms with Gasteiger partial charge in [0.15, 0.2) is 12.5 Å². The van der Waals surface area contributed by atoms with Crippen molar-refractivity contribution in [1.82, 2.24) is 25.4 Å². The second kappa shape index (κ2) is 13.1. The summed E-state index contributed by atoms with van der Waals surface area (Å²) in [6.07, 6.45) is 3.90. The van der Waals surface area contributed by atoms with Crippen molar-refractivity contribution in [3.8, 4) is 17.0 Å². The van der Waals surface area contributed by atoms with Gasteiger partial charge in [-0.15, -0.1) is 0 Å². The number of nitrogens with one attached hydrogen (secondary N) is 3. The molecule has 11 nitrogen and oxygen atoms in total. The number of ether oxygens (including phenoxy) is 2. The molecule has 1 fully saturated rings. The van der Waals surface area contributed by atoms with Crippen molar-refractivity contribution < 1.29 is 27.8 Å². The SMILES string of the molecule is CCCC(N=C(N)[C@@H]1CCCN1C(=O)[C@@H](NC(=O)OC)C(C)C)c1ccc2c(c1)c(F)c1n2COc2cc(C3=CNCN3)cc(F)c2-1. The first-order chi connectivity index (χ1) is 22.6.